The largest absolute Gasteiger partial charge is 0.465 e. The normalized spacial score (nSPS) is 10.2. The van der Waals surface area contributed by atoms with Crippen LogP contribution in [0.4, 0.5) is 17.1 Å². The summed E-state index contributed by atoms with van der Waals surface area (Å²) in [7, 11) is 1.29. The van der Waals surface area contributed by atoms with Gasteiger partial charge in [0.25, 0.3) is 0 Å². The van der Waals surface area contributed by atoms with Crippen LogP contribution < -0.4 is 15.1 Å². The van der Waals surface area contributed by atoms with Crippen LogP contribution in [0, 0.1) is 0 Å². The minimum absolute atomic E-state index is 0.169. The van der Waals surface area contributed by atoms with Gasteiger partial charge in [-0.2, -0.15) is 0 Å². The zero-order chi connectivity index (χ0) is 21.4. The molecule has 0 aliphatic heterocycles. The van der Waals surface area contributed by atoms with E-state index >= 15 is 0 Å². The Labute approximate surface area is 171 Å². The van der Waals surface area contributed by atoms with Crippen LogP contribution in [0.15, 0.2) is 48.5 Å². The van der Waals surface area contributed by atoms with E-state index in [1.54, 1.807) is 18.2 Å². The van der Waals surface area contributed by atoms with E-state index in [2.05, 4.69) is 24.1 Å². The highest BCUT2D eigenvalue weighted by atomic mass is 16.5. The first-order valence-electron chi connectivity index (χ1n) is 9.50. The first kappa shape index (κ1) is 21.9. The number of hydrogen-bond donors (Lipinski definition) is 1. The van der Waals surface area contributed by atoms with Gasteiger partial charge in [-0.15, -0.1) is 0 Å². The van der Waals surface area contributed by atoms with E-state index in [0.29, 0.717) is 16.9 Å². The molecule has 0 fully saturated rings. The summed E-state index contributed by atoms with van der Waals surface area (Å²) >= 11 is 0. The minimum Gasteiger partial charge on any atom is -0.465 e. The zero-order valence-electron chi connectivity index (χ0n) is 17.3. The molecular weight excluding hydrogens is 370 g/mol. The van der Waals surface area contributed by atoms with Gasteiger partial charge >= 0.3 is 5.97 Å². The van der Waals surface area contributed by atoms with Gasteiger partial charge in [0.2, 0.25) is 11.8 Å². The minimum atomic E-state index is -0.506. The maximum Gasteiger partial charge on any atom is 0.337 e. The van der Waals surface area contributed by atoms with Gasteiger partial charge in [-0.25, -0.2) is 4.79 Å². The predicted octanol–water partition coefficient (Wildman–Crippen LogP) is 3.31. The summed E-state index contributed by atoms with van der Waals surface area (Å²) in [4.78, 5) is 39.8. The van der Waals surface area contributed by atoms with Gasteiger partial charge in [0.1, 0.15) is 6.54 Å². The van der Waals surface area contributed by atoms with Crippen LogP contribution in [0.3, 0.4) is 0 Å². The Hall–Kier alpha value is -3.35. The molecule has 0 radical (unpaired) electrons. The number of hydrogen-bond acceptors (Lipinski definition) is 5. The average Bonchev–Trinajstić information content (AvgIpc) is 2.73. The molecule has 2 aromatic carbocycles. The number of ether oxygens (including phenoxy) is 1. The summed E-state index contributed by atoms with van der Waals surface area (Å²) in [5.74, 6) is -1.15. The highest BCUT2D eigenvalue weighted by Gasteiger charge is 2.18. The molecule has 7 nitrogen and oxygen atoms in total. The SMILES string of the molecule is CCN(CC)c1ccc(NC(=O)CN(C(C)=O)c2cccc(C(=O)OC)c2)cc1. The molecule has 154 valence electrons. The molecule has 0 saturated heterocycles. The molecule has 2 amide bonds. The number of benzene rings is 2. The van der Waals surface area contributed by atoms with Crippen molar-refractivity contribution in [2.75, 3.05) is 41.9 Å². The Morgan fingerprint density at radius 3 is 2.17 bits per heavy atom. The number of carbonyl (C=O) groups is 3. The van der Waals surface area contributed by atoms with Crippen molar-refractivity contribution in [2.45, 2.75) is 20.8 Å². The van der Waals surface area contributed by atoms with Crippen LogP contribution in [0.5, 0.6) is 0 Å². The fourth-order valence-corrected chi connectivity index (χ4v) is 2.99. The van der Waals surface area contributed by atoms with Crippen molar-refractivity contribution in [1.82, 2.24) is 0 Å². The van der Waals surface area contributed by atoms with Crippen LogP contribution in [0.1, 0.15) is 31.1 Å². The smallest absolute Gasteiger partial charge is 0.337 e. The molecule has 2 rings (SSSR count). The molecule has 0 spiro atoms. The van der Waals surface area contributed by atoms with E-state index in [1.807, 2.05) is 24.3 Å². The Morgan fingerprint density at radius 2 is 1.62 bits per heavy atom. The Bertz CT molecular complexity index is 861. The maximum absolute atomic E-state index is 12.5. The van der Waals surface area contributed by atoms with Gasteiger partial charge in [0.05, 0.1) is 12.7 Å². The van der Waals surface area contributed by atoms with E-state index in [0.717, 1.165) is 18.8 Å². The summed E-state index contributed by atoms with van der Waals surface area (Å²) in [6, 6.07) is 14.0. The van der Waals surface area contributed by atoms with Crippen LogP contribution in [0.25, 0.3) is 0 Å². The predicted molar refractivity (Wildman–Crippen MR) is 114 cm³/mol. The first-order chi connectivity index (χ1) is 13.9. The van der Waals surface area contributed by atoms with Gasteiger partial charge < -0.3 is 19.9 Å². The van der Waals surface area contributed by atoms with E-state index in [-0.39, 0.29) is 18.4 Å². The second-order valence-corrected chi connectivity index (χ2v) is 6.41. The second kappa shape index (κ2) is 10.3. The topological polar surface area (TPSA) is 79.0 Å². The van der Waals surface area contributed by atoms with Crippen molar-refractivity contribution in [1.29, 1.82) is 0 Å². The molecule has 1 N–H and O–H groups in total. The molecule has 0 saturated carbocycles. The number of anilines is 3. The first-order valence-corrected chi connectivity index (χ1v) is 9.50. The fourth-order valence-electron chi connectivity index (χ4n) is 2.99. The Kier molecular flexibility index (Phi) is 7.77. The van der Waals surface area contributed by atoms with E-state index in [4.69, 9.17) is 4.74 Å². The van der Waals surface area contributed by atoms with Crippen LogP contribution in [0.2, 0.25) is 0 Å². The molecular formula is C22H27N3O4. The van der Waals surface area contributed by atoms with Crippen molar-refractivity contribution < 1.29 is 19.1 Å². The Morgan fingerprint density at radius 1 is 0.966 bits per heavy atom. The van der Waals surface area contributed by atoms with Crippen molar-refractivity contribution in [3.63, 3.8) is 0 Å². The number of amides is 2. The van der Waals surface area contributed by atoms with Crippen LogP contribution >= 0.6 is 0 Å². The van der Waals surface area contributed by atoms with Crippen molar-refractivity contribution in [3.05, 3.63) is 54.1 Å². The maximum atomic E-state index is 12.5. The average molecular weight is 397 g/mol. The summed E-state index contributed by atoms with van der Waals surface area (Å²) in [5, 5.41) is 2.80. The lowest BCUT2D eigenvalue weighted by atomic mass is 10.2. The number of nitrogens with one attached hydrogen (secondary N) is 1. The van der Waals surface area contributed by atoms with Crippen LogP contribution in [-0.2, 0) is 14.3 Å². The van der Waals surface area contributed by atoms with Crippen molar-refractivity contribution in [3.8, 4) is 0 Å². The number of methoxy groups -OCH3 is 1. The summed E-state index contributed by atoms with van der Waals surface area (Å²) in [6.07, 6.45) is 0. The van der Waals surface area contributed by atoms with E-state index < -0.39 is 5.97 Å². The fraction of sp³-hybridized carbons (Fsp3) is 0.318. The third-order valence-corrected chi connectivity index (χ3v) is 4.54. The van der Waals surface area contributed by atoms with Gasteiger partial charge in [-0.3, -0.25) is 9.59 Å². The lowest BCUT2D eigenvalue weighted by molar-refractivity contribution is -0.120. The van der Waals surface area contributed by atoms with Crippen LogP contribution in [-0.4, -0.2) is 44.5 Å². The third-order valence-electron chi connectivity index (χ3n) is 4.54. The number of esters is 1. The monoisotopic (exact) mass is 397 g/mol. The lowest BCUT2D eigenvalue weighted by Gasteiger charge is -2.22. The standard InChI is InChI=1S/C22H27N3O4/c1-5-24(6-2)19-12-10-18(11-13-19)23-21(27)15-25(16(3)26)20-9-7-8-17(14-20)22(28)29-4/h7-14H,5-6,15H2,1-4H3,(H,23,27). The number of rotatable bonds is 8. The van der Waals surface area contributed by atoms with Crippen molar-refractivity contribution in [2.24, 2.45) is 0 Å². The molecule has 0 heterocycles. The van der Waals surface area contributed by atoms with Crippen molar-refractivity contribution >= 4 is 34.8 Å². The van der Waals surface area contributed by atoms with Gasteiger partial charge in [0, 0.05) is 37.1 Å². The number of nitrogens with zero attached hydrogens (tertiary/aromatic N) is 2. The zero-order valence-corrected chi connectivity index (χ0v) is 17.3. The quantitative estimate of drug-likeness (QED) is 0.692. The highest BCUT2D eigenvalue weighted by Crippen LogP contribution is 2.19. The highest BCUT2D eigenvalue weighted by molar-refractivity contribution is 6.02. The van der Waals surface area contributed by atoms with Gasteiger partial charge in [0.15, 0.2) is 0 Å². The molecule has 0 atom stereocenters. The van der Waals surface area contributed by atoms with Gasteiger partial charge in [-0.05, 0) is 56.3 Å². The number of carbonyl (C=O) groups excluding carboxylic acids is 3. The molecule has 0 aromatic heterocycles. The molecule has 0 bridgehead atoms. The summed E-state index contributed by atoms with van der Waals surface area (Å²) in [5.41, 5.74) is 2.49. The molecule has 29 heavy (non-hydrogen) atoms. The van der Waals surface area contributed by atoms with E-state index in [9.17, 15) is 14.4 Å². The molecule has 7 heteroatoms. The van der Waals surface area contributed by atoms with Gasteiger partial charge in [-0.1, -0.05) is 6.07 Å². The molecule has 0 aliphatic carbocycles. The second-order valence-electron chi connectivity index (χ2n) is 6.41. The Balaban J connectivity index is 2.10. The van der Waals surface area contributed by atoms with E-state index in [1.165, 1.54) is 25.0 Å². The molecule has 0 unspecified atom stereocenters. The molecule has 2 aromatic rings. The third kappa shape index (κ3) is 5.81. The summed E-state index contributed by atoms with van der Waals surface area (Å²) in [6.45, 7) is 7.19. The lowest BCUT2D eigenvalue weighted by Crippen LogP contribution is -2.36. The summed E-state index contributed by atoms with van der Waals surface area (Å²) < 4.78 is 4.71. The molecule has 0 aliphatic rings.